The number of Topliss-reactive ketones (excluding diaryl/α,β-unsaturated/α-hetero) is 1. The van der Waals surface area contributed by atoms with Crippen molar-refractivity contribution in [3.63, 3.8) is 0 Å². The number of likely N-dealkylation sites (N-methyl/N-ethyl adjacent to an activating group) is 1. The molecule has 0 saturated heterocycles. The number of benzene rings is 1. The fourth-order valence-corrected chi connectivity index (χ4v) is 2.25. The van der Waals surface area contributed by atoms with Crippen LogP contribution in [-0.2, 0) is 0 Å². The SMILES string of the molecule is CC(N)C(=O)c1ccc2c(c1)N(C)CC(C(C)C)O2. The predicted octanol–water partition coefficient (Wildman–Crippen LogP) is 2.07. The number of hydrogen-bond acceptors (Lipinski definition) is 4. The summed E-state index contributed by atoms with van der Waals surface area (Å²) in [5.74, 6) is 1.26. The average Bonchev–Trinajstić information content (AvgIpc) is 2.37. The van der Waals surface area contributed by atoms with Gasteiger partial charge in [-0.3, -0.25) is 4.79 Å². The van der Waals surface area contributed by atoms with E-state index in [1.807, 2.05) is 19.2 Å². The van der Waals surface area contributed by atoms with Gasteiger partial charge in [-0.1, -0.05) is 13.8 Å². The molecule has 4 heteroatoms. The van der Waals surface area contributed by atoms with Gasteiger partial charge in [0.1, 0.15) is 11.9 Å². The second kappa shape index (κ2) is 5.21. The van der Waals surface area contributed by atoms with Crippen molar-refractivity contribution in [2.45, 2.75) is 32.9 Å². The van der Waals surface area contributed by atoms with Crippen LogP contribution in [0.4, 0.5) is 5.69 Å². The minimum absolute atomic E-state index is 0.0396. The number of carbonyl (C=O) groups is 1. The maximum atomic E-state index is 11.9. The molecule has 2 rings (SSSR count). The third kappa shape index (κ3) is 2.73. The number of carbonyl (C=O) groups excluding carboxylic acids is 1. The zero-order chi connectivity index (χ0) is 14.2. The lowest BCUT2D eigenvalue weighted by atomic mass is 10.0. The summed E-state index contributed by atoms with van der Waals surface area (Å²) in [6, 6.07) is 5.06. The largest absolute Gasteiger partial charge is 0.486 e. The lowest BCUT2D eigenvalue weighted by Crippen LogP contribution is -2.40. The van der Waals surface area contributed by atoms with Gasteiger partial charge >= 0.3 is 0 Å². The minimum Gasteiger partial charge on any atom is -0.486 e. The summed E-state index contributed by atoms with van der Waals surface area (Å²) in [5.41, 5.74) is 7.25. The van der Waals surface area contributed by atoms with Crippen molar-refractivity contribution >= 4 is 11.5 Å². The van der Waals surface area contributed by atoms with E-state index in [1.165, 1.54) is 0 Å². The number of anilines is 1. The van der Waals surface area contributed by atoms with Crippen molar-refractivity contribution < 1.29 is 9.53 Å². The molecule has 0 aromatic heterocycles. The van der Waals surface area contributed by atoms with Crippen molar-refractivity contribution in [3.8, 4) is 5.75 Å². The van der Waals surface area contributed by atoms with Gasteiger partial charge < -0.3 is 15.4 Å². The molecular weight excluding hydrogens is 240 g/mol. The summed E-state index contributed by atoms with van der Waals surface area (Å²) >= 11 is 0. The fraction of sp³-hybridized carbons (Fsp3) is 0.533. The second-order valence-corrected chi connectivity index (χ2v) is 5.62. The first-order valence-electron chi connectivity index (χ1n) is 6.71. The van der Waals surface area contributed by atoms with Gasteiger partial charge in [0.15, 0.2) is 5.78 Å². The first kappa shape index (κ1) is 13.9. The highest BCUT2D eigenvalue weighted by Gasteiger charge is 2.26. The maximum Gasteiger partial charge on any atom is 0.179 e. The molecular formula is C15H22N2O2. The van der Waals surface area contributed by atoms with E-state index in [-0.39, 0.29) is 11.9 Å². The third-order valence-corrected chi connectivity index (χ3v) is 3.54. The second-order valence-electron chi connectivity index (χ2n) is 5.62. The van der Waals surface area contributed by atoms with Crippen molar-refractivity contribution in [1.82, 2.24) is 0 Å². The van der Waals surface area contributed by atoms with Crippen LogP contribution in [0.25, 0.3) is 0 Å². The number of nitrogens with two attached hydrogens (primary N) is 1. The van der Waals surface area contributed by atoms with Gasteiger partial charge in [-0.2, -0.15) is 0 Å². The standard InChI is InChI=1S/C15H22N2O2/c1-9(2)14-8-17(4)12-7-11(15(18)10(3)16)5-6-13(12)19-14/h5-7,9-10,14H,8,16H2,1-4H3. The summed E-state index contributed by atoms with van der Waals surface area (Å²) in [7, 11) is 2.02. The molecule has 2 unspecified atom stereocenters. The molecule has 0 radical (unpaired) electrons. The van der Waals surface area contributed by atoms with E-state index in [2.05, 4.69) is 18.7 Å². The zero-order valence-electron chi connectivity index (χ0n) is 12.0. The number of fused-ring (bicyclic) bond motifs is 1. The Morgan fingerprint density at radius 3 is 2.68 bits per heavy atom. The molecule has 0 aliphatic carbocycles. The van der Waals surface area contributed by atoms with Gasteiger partial charge in [0.2, 0.25) is 0 Å². The predicted molar refractivity (Wildman–Crippen MR) is 76.9 cm³/mol. The van der Waals surface area contributed by atoms with Crippen molar-refractivity contribution in [1.29, 1.82) is 0 Å². The van der Waals surface area contributed by atoms with Gasteiger partial charge in [-0.05, 0) is 31.0 Å². The third-order valence-electron chi connectivity index (χ3n) is 3.54. The Kier molecular flexibility index (Phi) is 3.80. The summed E-state index contributed by atoms with van der Waals surface area (Å²) in [6.07, 6.45) is 0.187. The summed E-state index contributed by atoms with van der Waals surface area (Å²) in [4.78, 5) is 14.1. The van der Waals surface area contributed by atoms with Gasteiger partial charge in [0, 0.05) is 12.6 Å². The Hall–Kier alpha value is -1.55. The normalized spacial score (nSPS) is 19.9. The first-order valence-corrected chi connectivity index (χ1v) is 6.71. The summed E-state index contributed by atoms with van der Waals surface area (Å²) in [6.45, 7) is 6.84. The van der Waals surface area contributed by atoms with E-state index in [4.69, 9.17) is 10.5 Å². The van der Waals surface area contributed by atoms with E-state index in [1.54, 1.807) is 13.0 Å². The van der Waals surface area contributed by atoms with Crippen LogP contribution >= 0.6 is 0 Å². The lowest BCUT2D eigenvalue weighted by molar-refractivity contribution is 0.0967. The van der Waals surface area contributed by atoms with Gasteiger partial charge in [0.05, 0.1) is 18.3 Å². The summed E-state index contributed by atoms with van der Waals surface area (Å²) < 4.78 is 5.97. The molecule has 0 saturated carbocycles. The van der Waals surface area contributed by atoms with Crippen LogP contribution in [0.5, 0.6) is 5.75 Å². The molecule has 0 spiro atoms. The highest BCUT2D eigenvalue weighted by Crippen LogP contribution is 2.35. The van der Waals surface area contributed by atoms with E-state index in [0.29, 0.717) is 11.5 Å². The van der Waals surface area contributed by atoms with Crippen LogP contribution in [0.2, 0.25) is 0 Å². The Labute approximate surface area is 114 Å². The van der Waals surface area contributed by atoms with Gasteiger partial charge in [-0.25, -0.2) is 0 Å². The van der Waals surface area contributed by atoms with E-state index < -0.39 is 6.04 Å². The molecule has 1 aliphatic rings. The molecule has 0 fully saturated rings. The average molecular weight is 262 g/mol. The Bertz CT molecular complexity index is 483. The van der Waals surface area contributed by atoms with Gasteiger partial charge in [0.25, 0.3) is 0 Å². The van der Waals surface area contributed by atoms with Crippen LogP contribution < -0.4 is 15.4 Å². The Balaban J connectivity index is 2.32. The fourth-order valence-electron chi connectivity index (χ4n) is 2.25. The monoisotopic (exact) mass is 262 g/mol. The molecule has 4 nitrogen and oxygen atoms in total. The molecule has 1 heterocycles. The number of ketones is 1. The van der Waals surface area contributed by atoms with E-state index >= 15 is 0 Å². The molecule has 1 aromatic carbocycles. The molecule has 1 aliphatic heterocycles. The Morgan fingerprint density at radius 2 is 2.11 bits per heavy atom. The Morgan fingerprint density at radius 1 is 1.42 bits per heavy atom. The zero-order valence-corrected chi connectivity index (χ0v) is 12.0. The smallest absolute Gasteiger partial charge is 0.179 e. The first-order chi connectivity index (χ1) is 8.90. The van der Waals surface area contributed by atoms with Crippen LogP contribution in [0.15, 0.2) is 18.2 Å². The molecule has 104 valence electrons. The molecule has 2 atom stereocenters. The molecule has 0 amide bonds. The lowest BCUT2D eigenvalue weighted by Gasteiger charge is -2.36. The molecule has 2 N–H and O–H groups in total. The number of rotatable bonds is 3. The van der Waals surface area contributed by atoms with E-state index in [0.717, 1.165) is 18.0 Å². The van der Waals surface area contributed by atoms with E-state index in [9.17, 15) is 4.79 Å². The quantitative estimate of drug-likeness (QED) is 0.847. The highest BCUT2D eigenvalue weighted by molar-refractivity contribution is 6.00. The maximum absolute atomic E-state index is 11.9. The van der Waals surface area contributed by atoms with Crippen molar-refractivity contribution in [3.05, 3.63) is 23.8 Å². The van der Waals surface area contributed by atoms with Gasteiger partial charge in [-0.15, -0.1) is 0 Å². The molecule has 19 heavy (non-hydrogen) atoms. The molecule has 0 bridgehead atoms. The number of hydrogen-bond donors (Lipinski definition) is 1. The van der Waals surface area contributed by atoms with Crippen molar-refractivity contribution in [2.75, 3.05) is 18.5 Å². The number of ether oxygens (including phenoxy) is 1. The highest BCUT2D eigenvalue weighted by atomic mass is 16.5. The minimum atomic E-state index is -0.476. The van der Waals surface area contributed by atoms with Crippen LogP contribution in [0, 0.1) is 5.92 Å². The van der Waals surface area contributed by atoms with Crippen LogP contribution in [0.3, 0.4) is 0 Å². The van der Waals surface area contributed by atoms with Crippen molar-refractivity contribution in [2.24, 2.45) is 11.7 Å². The summed E-state index contributed by atoms with van der Waals surface area (Å²) in [5, 5.41) is 0. The topological polar surface area (TPSA) is 55.6 Å². The van der Waals surface area contributed by atoms with Crippen LogP contribution in [0.1, 0.15) is 31.1 Å². The number of nitrogens with zero attached hydrogens (tertiary/aromatic N) is 1. The van der Waals surface area contributed by atoms with Crippen LogP contribution in [-0.4, -0.2) is 31.5 Å². The molecule has 1 aromatic rings.